The molecule has 92 valence electrons. The van der Waals surface area contributed by atoms with Gasteiger partial charge in [-0.05, 0) is 30.3 Å². The molecule has 0 bridgehead atoms. The van der Waals surface area contributed by atoms with Crippen molar-refractivity contribution in [2.45, 2.75) is 0 Å². The van der Waals surface area contributed by atoms with E-state index < -0.39 is 0 Å². The van der Waals surface area contributed by atoms with Crippen LogP contribution in [0.1, 0.15) is 10.4 Å². The summed E-state index contributed by atoms with van der Waals surface area (Å²) < 4.78 is 0. The molecule has 0 aliphatic carbocycles. The summed E-state index contributed by atoms with van der Waals surface area (Å²) in [6.07, 6.45) is 0. The highest BCUT2D eigenvalue weighted by molar-refractivity contribution is 6.37. The summed E-state index contributed by atoms with van der Waals surface area (Å²) in [7, 11) is 0. The summed E-state index contributed by atoms with van der Waals surface area (Å²) in [4.78, 5) is 11.9. The Bertz CT molecular complexity index is 599. The van der Waals surface area contributed by atoms with E-state index in [9.17, 15) is 9.90 Å². The van der Waals surface area contributed by atoms with Crippen LogP contribution in [0.4, 0.5) is 5.69 Å². The largest absolute Gasteiger partial charge is 0.508 e. The van der Waals surface area contributed by atoms with E-state index in [2.05, 4.69) is 5.32 Å². The Morgan fingerprint density at radius 1 is 1.11 bits per heavy atom. The Labute approximate surface area is 114 Å². The number of phenolic OH excluding ortho intramolecular Hbond substituents is 1. The maximum Gasteiger partial charge on any atom is 0.257 e. The van der Waals surface area contributed by atoms with E-state index >= 15 is 0 Å². The van der Waals surface area contributed by atoms with Crippen molar-refractivity contribution in [3.05, 3.63) is 58.1 Å². The number of hydrogen-bond donors (Lipinski definition) is 2. The number of carbonyl (C=O) groups excluding carboxylic acids is 1. The molecular weight excluding hydrogens is 273 g/mol. The van der Waals surface area contributed by atoms with Crippen molar-refractivity contribution in [2.75, 3.05) is 5.32 Å². The molecule has 18 heavy (non-hydrogen) atoms. The van der Waals surface area contributed by atoms with Crippen molar-refractivity contribution < 1.29 is 9.90 Å². The van der Waals surface area contributed by atoms with Crippen molar-refractivity contribution >= 4 is 34.8 Å². The third-order valence-electron chi connectivity index (χ3n) is 2.28. The molecule has 0 heterocycles. The molecule has 3 nitrogen and oxygen atoms in total. The zero-order valence-corrected chi connectivity index (χ0v) is 10.7. The number of carbonyl (C=O) groups is 1. The summed E-state index contributed by atoms with van der Waals surface area (Å²) in [5.41, 5.74) is 0.815. The summed E-state index contributed by atoms with van der Waals surface area (Å²) in [5.74, 6) is -0.280. The van der Waals surface area contributed by atoms with E-state index in [1.54, 1.807) is 24.3 Å². The lowest BCUT2D eigenvalue weighted by atomic mass is 10.2. The third-order valence-corrected chi connectivity index (χ3v) is 2.83. The molecule has 0 unspecified atom stereocenters. The molecule has 5 heteroatoms. The molecule has 1 amide bonds. The highest BCUT2D eigenvalue weighted by Gasteiger charge is 2.11. The topological polar surface area (TPSA) is 49.3 Å². The van der Waals surface area contributed by atoms with Gasteiger partial charge >= 0.3 is 0 Å². The molecular formula is C13H9Cl2NO2. The highest BCUT2D eigenvalue weighted by Crippen LogP contribution is 2.22. The van der Waals surface area contributed by atoms with Crippen LogP contribution < -0.4 is 5.32 Å². The maximum atomic E-state index is 11.9. The standard InChI is InChI=1S/C13H9Cl2NO2/c14-8-4-5-11(12(15)6-8)13(18)16-9-2-1-3-10(17)7-9/h1-7,17H,(H,16,18). The molecule has 0 saturated carbocycles. The van der Waals surface area contributed by atoms with E-state index in [1.165, 1.54) is 18.2 Å². The second-order valence-electron chi connectivity index (χ2n) is 3.63. The Balaban J connectivity index is 2.22. The van der Waals surface area contributed by atoms with Crippen molar-refractivity contribution in [3.63, 3.8) is 0 Å². The van der Waals surface area contributed by atoms with E-state index in [-0.39, 0.29) is 16.7 Å². The molecule has 0 spiro atoms. The number of nitrogens with one attached hydrogen (secondary N) is 1. The van der Waals surface area contributed by atoms with Gasteiger partial charge in [-0.15, -0.1) is 0 Å². The van der Waals surface area contributed by atoms with Crippen LogP contribution in [-0.2, 0) is 0 Å². The minimum atomic E-state index is -0.359. The van der Waals surface area contributed by atoms with Crippen LogP contribution >= 0.6 is 23.2 Å². The normalized spacial score (nSPS) is 10.1. The average Bonchev–Trinajstić information content (AvgIpc) is 2.28. The minimum Gasteiger partial charge on any atom is -0.508 e. The van der Waals surface area contributed by atoms with E-state index in [1.807, 2.05) is 0 Å². The zero-order chi connectivity index (χ0) is 13.1. The van der Waals surface area contributed by atoms with Crippen LogP contribution in [0.2, 0.25) is 10.0 Å². The summed E-state index contributed by atoms with van der Waals surface area (Å²) >= 11 is 11.7. The molecule has 0 aromatic heterocycles. The first-order chi connectivity index (χ1) is 8.56. The van der Waals surface area contributed by atoms with Crippen LogP contribution in [0, 0.1) is 0 Å². The van der Waals surface area contributed by atoms with Gasteiger partial charge < -0.3 is 10.4 Å². The fraction of sp³-hybridized carbons (Fsp3) is 0. The molecule has 0 saturated heterocycles. The fourth-order valence-electron chi connectivity index (χ4n) is 1.46. The lowest BCUT2D eigenvalue weighted by Gasteiger charge is -2.07. The van der Waals surface area contributed by atoms with Crippen molar-refractivity contribution in [3.8, 4) is 5.75 Å². The second-order valence-corrected chi connectivity index (χ2v) is 4.47. The number of amides is 1. The monoisotopic (exact) mass is 281 g/mol. The van der Waals surface area contributed by atoms with Crippen LogP contribution in [0.15, 0.2) is 42.5 Å². The predicted octanol–water partition coefficient (Wildman–Crippen LogP) is 3.95. The molecule has 0 aliphatic heterocycles. The van der Waals surface area contributed by atoms with E-state index in [0.717, 1.165) is 0 Å². The van der Waals surface area contributed by atoms with E-state index in [0.29, 0.717) is 16.3 Å². The summed E-state index contributed by atoms with van der Waals surface area (Å²) in [5, 5.41) is 12.7. The molecule has 0 aliphatic rings. The number of rotatable bonds is 2. The number of hydrogen-bond acceptors (Lipinski definition) is 2. The Hall–Kier alpha value is -1.71. The minimum absolute atomic E-state index is 0.0787. The van der Waals surface area contributed by atoms with Gasteiger partial charge in [0.1, 0.15) is 5.75 Å². The Kier molecular flexibility index (Phi) is 3.75. The third kappa shape index (κ3) is 2.94. The Morgan fingerprint density at radius 3 is 2.56 bits per heavy atom. The predicted molar refractivity (Wildman–Crippen MR) is 72.5 cm³/mol. The zero-order valence-electron chi connectivity index (χ0n) is 9.15. The number of aromatic hydroxyl groups is 1. The van der Waals surface area contributed by atoms with Crippen molar-refractivity contribution in [1.29, 1.82) is 0 Å². The van der Waals surface area contributed by atoms with Gasteiger partial charge in [0.25, 0.3) is 5.91 Å². The fourth-order valence-corrected chi connectivity index (χ4v) is 1.95. The first-order valence-corrected chi connectivity index (χ1v) is 5.87. The van der Waals surface area contributed by atoms with E-state index in [4.69, 9.17) is 23.2 Å². The lowest BCUT2D eigenvalue weighted by molar-refractivity contribution is 0.102. The molecule has 2 aromatic rings. The van der Waals surface area contributed by atoms with Gasteiger partial charge in [-0.3, -0.25) is 4.79 Å². The van der Waals surface area contributed by atoms with Crippen LogP contribution in [0.25, 0.3) is 0 Å². The van der Waals surface area contributed by atoms with Crippen LogP contribution in [0.5, 0.6) is 5.75 Å². The first kappa shape index (κ1) is 12.7. The SMILES string of the molecule is O=C(Nc1cccc(O)c1)c1ccc(Cl)cc1Cl. The van der Waals surface area contributed by atoms with Gasteiger partial charge in [0.2, 0.25) is 0 Å². The second kappa shape index (κ2) is 5.29. The molecule has 2 N–H and O–H groups in total. The number of anilines is 1. The average molecular weight is 282 g/mol. The molecule has 2 aromatic carbocycles. The molecule has 0 fully saturated rings. The van der Waals surface area contributed by atoms with Gasteiger partial charge in [0, 0.05) is 16.8 Å². The number of benzene rings is 2. The highest BCUT2D eigenvalue weighted by atomic mass is 35.5. The maximum absolute atomic E-state index is 11.9. The number of halogens is 2. The van der Waals surface area contributed by atoms with Gasteiger partial charge in [0.15, 0.2) is 0 Å². The van der Waals surface area contributed by atoms with Gasteiger partial charge in [-0.25, -0.2) is 0 Å². The van der Waals surface area contributed by atoms with Crippen molar-refractivity contribution in [2.24, 2.45) is 0 Å². The first-order valence-electron chi connectivity index (χ1n) is 5.12. The number of phenols is 1. The molecule has 2 rings (SSSR count). The van der Waals surface area contributed by atoms with Gasteiger partial charge in [-0.2, -0.15) is 0 Å². The van der Waals surface area contributed by atoms with Gasteiger partial charge in [0.05, 0.1) is 10.6 Å². The molecule has 0 radical (unpaired) electrons. The summed E-state index contributed by atoms with van der Waals surface area (Å²) in [6.45, 7) is 0. The van der Waals surface area contributed by atoms with Crippen LogP contribution in [-0.4, -0.2) is 11.0 Å². The van der Waals surface area contributed by atoms with Gasteiger partial charge in [-0.1, -0.05) is 29.3 Å². The molecule has 0 atom stereocenters. The summed E-state index contributed by atoms with van der Waals surface area (Å²) in [6, 6.07) is 10.9. The Morgan fingerprint density at radius 2 is 1.89 bits per heavy atom. The van der Waals surface area contributed by atoms with Crippen molar-refractivity contribution in [1.82, 2.24) is 0 Å². The quantitative estimate of drug-likeness (QED) is 0.876. The lowest BCUT2D eigenvalue weighted by Crippen LogP contribution is -2.12. The smallest absolute Gasteiger partial charge is 0.257 e. The van der Waals surface area contributed by atoms with Crippen LogP contribution in [0.3, 0.4) is 0 Å².